The van der Waals surface area contributed by atoms with Gasteiger partial charge in [-0.05, 0) is 55.7 Å². The van der Waals surface area contributed by atoms with E-state index in [0.717, 1.165) is 28.3 Å². The molecule has 0 radical (unpaired) electrons. The molecule has 3 aromatic rings. The first-order chi connectivity index (χ1) is 18.1. The second kappa shape index (κ2) is 13.4. The van der Waals surface area contributed by atoms with Crippen molar-refractivity contribution >= 4 is 39.1 Å². The van der Waals surface area contributed by atoms with E-state index in [0.29, 0.717) is 11.6 Å². The van der Waals surface area contributed by atoms with Gasteiger partial charge in [0.05, 0.1) is 10.6 Å². The molecule has 3 rings (SSSR count). The van der Waals surface area contributed by atoms with Gasteiger partial charge in [0.25, 0.3) is 10.0 Å². The van der Waals surface area contributed by atoms with Gasteiger partial charge >= 0.3 is 0 Å². The highest BCUT2D eigenvalue weighted by Gasteiger charge is 2.32. The number of hydrogen-bond donors (Lipinski definition) is 1. The summed E-state index contributed by atoms with van der Waals surface area (Å²) in [4.78, 5) is 28.3. The van der Waals surface area contributed by atoms with Crippen LogP contribution in [0.2, 0.25) is 5.02 Å². The highest BCUT2D eigenvalue weighted by atomic mass is 35.5. The van der Waals surface area contributed by atoms with Crippen molar-refractivity contribution in [3.05, 3.63) is 95.0 Å². The van der Waals surface area contributed by atoms with Crippen LogP contribution in [0.4, 0.5) is 5.69 Å². The standard InChI is InChI=1S/C29H34ClN3O4S/c1-4-5-18-31-29(35)23(3)32(20-24-12-8-6-9-13-24)28(34)21-33(25-17-16-22(2)27(30)19-25)38(36,37)26-14-10-7-11-15-26/h6-17,19,23H,4-5,18,20-21H2,1-3H3,(H,31,35). The van der Waals surface area contributed by atoms with E-state index in [1.54, 1.807) is 37.3 Å². The number of anilines is 1. The van der Waals surface area contributed by atoms with Gasteiger partial charge in [0, 0.05) is 18.1 Å². The Balaban J connectivity index is 1.99. The first kappa shape index (κ1) is 29.2. The minimum Gasteiger partial charge on any atom is -0.354 e. The maximum atomic E-state index is 13.8. The van der Waals surface area contributed by atoms with Crippen LogP contribution in [0.15, 0.2) is 83.8 Å². The van der Waals surface area contributed by atoms with Gasteiger partial charge in [-0.15, -0.1) is 0 Å². The van der Waals surface area contributed by atoms with Gasteiger partial charge in [0.2, 0.25) is 11.8 Å². The van der Waals surface area contributed by atoms with Gasteiger partial charge in [-0.1, -0.05) is 79.5 Å². The molecular weight excluding hydrogens is 522 g/mol. The SMILES string of the molecule is CCCCNC(=O)C(C)N(Cc1ccccc1)C(=O)CN(c1ccc(C)c(Cl)c1)S(=O)(=O)c1ccccc1. The molecule has 0 saturated heterocycles. The van der Waals surface area contributed by atoms with Crippen molar-refractivity contribution in [2.24, 2.45) is 0 Å². The number of unbranched alkanes of at least 4 members (excludes halogenated alkanes) is 1. The van der Waals surface area contributed by atoms with E-state index < -0.39 is 28.5 Å². The number of nitrogens with one attached hydrogen (secondary N) is 1. The third-order valence-electron chi connectivity index (χ3n) is 6.25. The van der Waals surface area contributed by atoms with Crippen molar-refractivity contribution in [3.8, 4) is 0 Å². The Hall–Kier alpha value is -3.36. The van der Waals surface area contributed by atoms with Crippen LogP contribution in [0.5, 0.6) is 0 Å². The smallest absolute Gasteiger partial charge is 0.264 e. The van der Waals surface area contributed by atoms with E-state index in [1.807, 2.05) is 44.2 Å². The third kappa shape index (κ3) is 7.36. The predicted octanol–water partition coefficient (Wildman–Crippen LogP) is 5.18. The Morgan fingerprint density at radius 1 is 0.974 bits per heavy atom. The number of halogens is 1. The zero-order valence-corrected chi connectivity index (χ0v) is 23.5. The van der Waals surface area contributed by atoms with E-state index in [1.165, 1.54) is 23.1 Å². The van der Waals surface area contributed by atoms with Crippen LogP contribution in [0.3, 0.4) is 0 Å². The molecule has 0 aromatic heterocycles. The fraction of sp³-hybridized carbons (Fsp3) is 0.310. The number of nitrogens with zero attached hydrogens (tertiary/aromatic N) is 2. The first-order valence-corrected chi connectivity index (χ1v) is 14.4. The molecule has 1 unspecified atom stereocenters. The zero-order valence-electron chi connectivity index (χ0n) is 21.9. The van der Waals surface area contributed by atoms with E-state index in [-0.39, 0.29) is 23.0 Å². The van der Waals surface area contributed by atoms with Crippen molar-refractivity contribution in [2.75, 3.05) is 17.4 Å². The maximum Gasteiger partial charge on any atom is 0.264 e. The topological polar surface area (TPSA) is 86.8 Å². The third-order valence-corrected chi connectivity index (χ3v) is 8.44. The lowest BCUT2D eigenvalue weighted by molar-refractivity contribution is -0.139. The second-order valence-electron chi connectivity index (χ2n) is 9.09. The van der Waals surface area contributed by atoms with Gasteiger partial charge in [-0.3, -0.25) is 13.9 Å². The molecule has 9 heteroatoms. The predicted molar refractivity (Wildman–Crippen MR) is 152 cm³/mol. The van der Waals surface area contributed by atoms with E-state index in [2.05, 4.69) is 5.32 Å². The molecule has 0 spiro atoms. The van der Waals surface area contributed by atoms with Crippen LogP contribution < -0.4 is 9.62 Å². The number of hydrogen-bond acceptors (Lipinski definition) is 4. The quantitative estimate of drug-likeness (QED) is 0.312. The number of sulfonamides is 1. The van der Waals surface area contributed by atoms with Crippen molar-refractivity contribution < 1.29 is 18.0 Å². The summed E-state index contributed by atoms with van der Waals surface area (Å²) < 4.78 is 28.6. The molecule has 0 aliphatic carbocycles. The number of carbonyl (C=O) groups is 2. The molecule has 202 valence electrons. The van der Waals surface area contributed by atoms with Crippen molar-refractivity contribution in [1.29, 1.82) is 0 Å². The lowest BCUT2D eigenvalue weighted by atomic mass is 10.1. The molecule has 2 amide bonds. The minimum absolute atomic E-state index is 0.0458. The summed E-state index contributed by atoms with van der Waals surface area (Å²) in [6.07, 6.45) is 1.75. The maximum absolute atomic E-state index is 13.8. The number of carbonyl (C=O) groups excluding carboxylic acids is 2. The summed E-state index contributed by atoms with van der Waals surface area (Å²) in [6.45, 7) is 5.64. The number of benzene rings is 3. The number of aryl methyl sites for hydroxylation is 1. The van der Waals surface area contributed by atoms with Gasteiger partial charge in [0.15, 0.2) is 0 Å². The van der Waals surface area contributed by atoms with E-state index in [4.69, 9.17) is 11.6 Å². The van der Waals surface area contributed by atoms with Gasteiger partial charge in [0.1, 0.15) is 12.6 Å². The fourth-order valence-electron chi connectivity index (χ4n) is 3.88. The fourth-order valence-corrected chi connectivity index (χ4v) is 5.49. The summed E-state index contributed by atoms with van der Waals surface area (Å²) in [5, 5.41) is 3.26. The highest BCUT2D eigenvalue weighted by molar-refractivity contribution is 7.92. The van der Waals surface area contributed by atoms with Gasteiger partial charge < -0.3 is 10.2 Å². The van der Waals surface area contributed by atoms with Gasteiger partial charge in [-0.25, -0.2) is 8.42 Å². The Kier molecular flexibility index (Phi) is 10.3. The second-order valence-corrected chi connectivity index (χ2v) is 11.4. The summed E-state index contributed by atoms with van der Waals surface area (Å²) in [6, 6.07) is 21.3. The molecule has 3 aromatic carbocycles. The van der Waals surface area contributed by atoms with Crippen LogP contribution in [0.1, 0.15) is 37.8 Å². The average molecular weight is 556 g/mol. The largest absolute Gasteiger partial charge is 0.354 e. The van der Waals surface area contributed by atoms with E-state index in [9.17, 15) is 18.0 Å². The molecule has 7 nitrogen and oxygen atoms in total. The Labute approximate surface area is 230 Å². The first-order valence-electron chi connectivity index (χ1n) is 12.6. The van der Waals surface area contributed by atoms with Crippen LogP contribution in [0.25, 0.3) is 0 Å². The minimum atomic E-state index is -4.12. The van der Waals surface area contributed by atoms with Gasteiger partial charge in [-0.2, -0.15) is 0 Å². The zero-order chi connectivity index (χ0) is 27.7. The summed E-state index contributed by atoms with van der Waals surface area (Å²) in [7, 11) is -4.12. The molecule has 38 heavy (non-hydrogen) atoms. The summed E-state index contributed by atoms with van der Waals surface area (Å²) in [5.41, 5.74) is 1.87. The average Bonchev–Trinajstić information content (AvgIpc) is 2.92. The molecule has 0 heterocycles. The molecule has 0 saturated carbocycles. The monoisotopic (exact) mass is 555 g/mol. The van der Waals surface area contributed by atoms with Crippen molar-refractivity contribution in [3.63, 3.8) is 0 Å². The lowest BCUT2D eigenvalue weighted by Gasteiger charge is -2.32. The lowest BCUT2D eigenvalue weighted by Crippen LogP contribution is -2.51. The summed E-state index contributed by atoms with van der Waals surface area (Å²) in [5.74, 6) is -0.804. The van der Waals surface area contributed by atoms with E-state index >= 15 is 0 Å². The molecule has 1 atom stereocenters. The molecule has 0 aliphatic rings. The van der Waals surface area contributed by atoms with Crippen LogP contribution in [0, 0.1) is 6.92 Å². The highest BCUT2D eigenvalue weighted by Crippen LogP contribution is 2.28. The Bertz CT molecular complexity index is 1330. The van der Waals surface area contributed by atoms with Crippen LogP contribution >= 0.6 is 11.6 Å². The van der Waals surface area contributed by atoms with Crippen LogP contribution in [-0.4, -0.2) is 44.3 Å². The van der Waals surface area contributed by atoms with Crippen molar-refractivity contribution in [2.45, 2.75) is 51.1 Å². The normalized spacial score (nSPS) is 12.0. The summed E-state index contributed by atoms with van der Waals surface area (Å²) >= 11 is 6.34. The van der Waals surface area contributed by atoms with Crippen LogP contribution in [-0.2, 0) is 26.2 Å². The number of rotatable bonds is 12. The molecule has 0 fully saturated rings. The number of amides is 2. The molecule has 1 N–H and O–H groups in total. The molecule has 0 bridgehead atoms. The molecular formula is C29H34ClN3O4S. The Morgan fingerprint density at radius 3 is 2.21 bits per heavy atom. The van der Waals surface area contributed by atoms with Crippen molar-refractivity contribution in [1.82, 2.24) is 10.2 Å². The molecule has 0 aliphatic heterocycles. The Morgan fingerprint density at radius 2 is 1.61 bits per heavy atom.